The number of hydrogen-bond donors (Lipinski definition) is 1. The van der Waals surface area contributed by atoms with Gasteiger partial charge in [-0.1, -0.05) is 23.7 Å². The fourth-order valence-corrected chi connectivity index (χ4v) is 2.81. The van der Waals surface area contributed by atoms with E-state index in [0.29, 0.717) is 5.02 Å². The van der Waals surface area contributed by atoms with Gasteiger partial charge in [0.05, 0.1) is 12.5 Å². The molecule has 108 valence electrons. The highest BCUT2D eigenvalue weighted by atomic mass is 35.5. The molecule has 0 bridgehead atoms. The molecule has 0 aliphatic rings. The van der Waals surface area contributed by atoms with Gasteiger partial charge in [0, 0.05) is 26.8 Å². The average molecular weight is 302 g/mol. The average Bonchev–Trinajstić information content (AvgIpc) is 2.83. The number of esters is 1. The molecule has 0 radical (unpaired) electrons. The number of fused-ring (bicyclic) bond motifs is 3. The Morgan fingerprint density at radius 2 is 1.86 bits per heavy atom. The van der Waals surface area contributed by atoms with Crippen molar-refractivity contribution in [2.75, 3.05) is 7.11 Å². The van der Waals surface area contributed by atoms with Gasteiger partial charge in [-0.2, -0.15) is 0 Å². The van der Waals surface area contributed by atoms with Crippen molar-refractivity contribution in [1.29, 1.82) is 0 Å². The molecule has 3 rings (SSSR count). The third-order valence-corrected chi connectivity index (χ3v) is 4.21. The van der Waals surface area contributed by atoms with Crippen LogP contribution in [0.1, 0.15) is 19.4 Å². The molecule has 0 spiro atoms. The molecule has 0 amide bonds. The number of H-pyrrole nitrogens is 1. The molecule has 4 heteroatoms. The highest BCUT2D eigenvalue weighted by Gasteiger charge is 2.31. The van der Waals surface area contributed by atoms with Gasteiger partial charge in [-0.05, 0) is 43.7 Å². The molecule has 0 unspecified atom stereocenters. The van der Waals surface area contributed by atoms with E-state index in [9.17, 15) is 4.79 Å². The molecule has 0 atom stereocenters. The summed E-state index contributed by atoms with van der Waals surface area (Å²) in [6.45, 7) is 3.72. The van der Waals surface area contributed by atoms with Crippen LogP contribution in [0, 0.1) is 0 Å². The molecule has 0 saturated heterocycles. The van der Waals surface area contributed by atoms with Crippen LogP contribution in [0.3, 0.4) is 0 Å². The minimum absolute atomic E-state index is 0.249. The Morgan fingerprint density at radius 1 is 1.10 bits per heavy atom. The number of ether oxygens (including phenoxy) is 1. The Kier molecular flexibility index (Phi) is 3.18. The minimum atomic E-state index is -0.683. The van der Waals surface area contributed by atoms with E-state index in [1.807, 2.05) is 50.2 Å². The standard InChI is InChI=1S/C17H16ClNO2/c1-17(2,16(20)21-3)10-4-6-12-13-9-11(18)5-7-14(13)19-15(12)8-10/h4-9,19H,1-3H3. The first-order valence-corrected chi connectivity index (χ1v) is 7.11. The normalized spacial score (nSPS) is 12.0. The quantitative estimate of drug-likeness (QED) is 0.712. The number of aromatic amines is 1. The number of rotatable bonds is 2. The van der Waals surface area contributed by atoms with Crippen LogP contribution in [0.15, 0.2) is 36.4 Å². The van der Waals surface area contributed by atoms with Crippen LogP contribution < -0.4 is 0 Å². The smallest absolute Gasteiger partial charge is 0.315 e. The fraction of sp³-hybridized carbons (Fsp3) is 0.235. The number of aromatic nitrogens is 1. The molecule has 2 aromatic carbocycles. The number of hydrogen-bond acceptors (Lipinski definition) is 2. The number of carbonyl (C=O) groups is 1. The lowest BCUT2D eigenvalue weighted by molar-refractivity contribution is -0.146. The molecule has 0 saturated carbocycles. The van der Waals surface area contributed by atoms with Crippen molar-refractivity contribution < 1.29 is 9.53 Å². The number of nitrogens with one attached hydrogen (secondary N) is 1. The molecular formula is C17H16ClNO2. The topological polar surface area (TPSA) is 42.1 Å². The molecule has 1 heterocycles. The molecule has 3 aromatic rings. The summed E-state index contributed by atoms with van der Waals surface area (Å²) in [6, 6.07) is 11.8. The summed E-state index contributed by atoms with van der Waals surface area (Å²) in [5, 5.41) is 2.89. The third-order valence-electron chi connectivity index (χ3n) is 3.98. The van der Waals surface area contributed by atoms with Gasteiger partial charge in [0.15, 0.2) is 0 Å². The predicted molar refractivity (Wildman–Crippen MR) is 85.9 cm³/mol. The summed E-state index contributed by atoms with van der Waals surface area (Å²) in [7, 11) is 1.41. The number of carbonyl (C=O) groups excluding carboxylic acids is 1. The molecule has 0 aliphatic heterocycles. The van der Waals surface area contributed by atoms with Crippen LogP contribution >= 0.6 is 11.6 Å². The maximum Gasteiger partial charge on any atom is 0.315 e. The Hall–Kier alpha value is -2.00. The van der Waals surface area contributed by atoms with Crippen LogP contribution in [-0.4, -0.2) is 18.1 Å². The molecule has 0 aliphatic carbocycles. The summed E-state index contributed by atoms with van der Waals surface area (Å²) < 4.78 is 4.89. The third kappa shape index (κ3) is 2.18. The Bertz CT molecular complexity index is 848. The number of methoxy groups -OCH3 is 1. The van der Waals surface area contributed by atoms with Crippen molar-refractivity contribution in [1.82, 2.24) is 4.98 Å². The zero-order valence-corrected chi connectivity index (χ0v) is 12.9. The van der Waals surface area contributed by atoms with Crippen molar-refractivity contribution in [3.63, 3.8) is 0 Å². The van der Waals surface area contributed by atoms with Gasteiger partial charge in [-0.25, -0.2) is 0 Å². The molecule has 1 aromatic heterocycles. The molecule has 3 nitrogen and oxygen atoms in total. The van der Waals surface area contributed by atoms with E-state index in [0.717, 1.165) is 27.4 Å². The molecule has 1 N–H and O–H groups in total. The largest absolute Gasteiger partial charge is 0.468 e. The molecule has 21 heavy (non-hydrogen) atoms. The molecular weight excluding hydrogens is 286 g/mol. The lowest BCUT2D eigenvalue weighted by Gasteiger charge is -2.21. The van der Waals surface area contributed by atoms with Crippen molar-refractivity contribution in [3.8, 4) is 0 Å². The van der Waals surface area contributed by atoms with Crippen LogP contribution in [0.25, 0.3) is 21.8 Å². The van der Waals surface area contributed by atoms with Crippen molar-refractivity contribution in [2.24, 2.45) is 0 Å². The van der Waals surface area contributed by atoms with Gasteiger partial charge in [-0.15, -0.1) is 0 Å². The number of benzene rings is 2. The summed E-state index contributed by atoms with van der Waals surface area (Å²) in [5.74, 6) is -0.249. The van der Waals surface area contributed by atoms with E-state index in [-0.39, 0.29) is 5.97 Å². The van der Waals surface area contributed by atoms with Gasteiger partial charge in [0.2, 0.25) is 0 Å². The van der Waals surface area contributed by atoms with E-state index in [2.05, 4.69) is 4.98 Å². The van der Waals surface area contributed by atoms with Crippen molar-refractivity contribution >= 4 is 39.4 Å². The summed E-state index contributed by atoms with van der Waals surface area (Å²) in [5.41, 5.74) is 2.25. The minimum Gasteiger partial charge on any atom is -0.468 e. The molecule has 0 fully saturated rings. The first kappa shape index (κ1) is 14.0. The second-order valence-corrected chi connectivity index (χ2v) is 6.13. The van der Waals surface area contributed by atoms with Crippen LogP contribution in [0.2, 0.25) is 5.02 Å². The van der Waals surface area contributed by atoms with E-state index in [4.69, 9.17) is 16.3 Å². The Morgan fingerprint density at radius 3 is 2.57 bits per heavy atom. The monoisotopic (exact) mass is 301 g/mol. The second-order valence-electron chi connectivity index (χ2n) is 5.69. The summed E-state index contributed by atoms with van der Waals surface area (Å²) in [4.78, 5) is 15.3. The number of halogens is 1. The SMILES string of the molecule is COC(=O)C(C)(C)c1ccc2c(c1)[nH]c1ccc(Cl)cc12. The first-order valence-electron chi connectivity index (χ1n) is 6.73. The summed E-state index contributed by atoms with van der Waals surface area (Å²) >= 11 is 6.07. The van der Waals surface area contributed by atoms with E-state index in [1.54, 1.807) is 0 Å². The van der Waals surface area contributed by atoms with E-state index >= 15 is 0 Å². The maximum absolute atomic E-state index is 11.9. The van der Waals surface area contributed by atoms with E-state index in [1.165, 1.54) is 7.11 Å². The van der Waals surface area contributed by atoms with Gasteiger partial charge in [-0.3, -0.25) is 4.79 Å². The van der Waals surface area contributed by atoms with Gasteiger partial charge >= 0.3 is 5.97 Å². The highest BCUT2D eigenvalue weighted by Crippen LogP contribution is 2.32. The highest BCUT2D eigenvalue weighted by molar-refractivity contribution is 6.31. The Labute approximate surface area is 127 Å². The first-order chi connectivity index (χ1) is 9.93. The fourth-order valence-electron chi connectivity index (χ4n) is 2.64. The predicted octanol–water partition coefficient (Wildman–Crippen LogP) is 4.43. The van der Waals surface area contributed by atoms with Crippen molar-refractivity contribution in [3.05, 3.63) is 47.0 Å². The van der Waals surface area contributed by atoms with Gasteiger partial charge in [0.1, 0.15) is 0 Å². The van der Waals surface area contributed by atoms with Crippen LogP contribution in [-0.2, 0) is 14.9 Å². The second kappa shape index (κ2) is 4.78. The van der Waals surface area contributed by atoms with Gasteiger partial charge in [0.25, 0.3) is 0 Å². The summed E-state index contributed by atoms with van der Waals surface area (Å²) in [6.07, 6.45) is 0. The Balaban J connectivity index is 2.21. The van der Waals surface area contributed by atoms with E-state index < -0.39 is 5.41 Å². The van der Waals surface area contributed by atoms with Crippen LogP contribution in [0.4, 0.5) is 0 Å². The van der Waals surface area contributed by atoms with Crippen LogP contribution in [0.5, 0.6) is 0 Å². The maximum atomic E-state index is 11.9. The zero-order chi connectivity index (χ0) is 15.2. The lowest BCUT2D eigenvalue weighted by Crippen LogP contribution is -2.30. The van der Waals surface area contributed by atoms with Gasteiger partial charge < -0.3 is 9.72 Å². The zero-order valence-electron chi connectivity index (χ0n) is 12.2. The lowest BCUT2D eigenvalue weighted by atomic mass is 9.84. The van der Waals surface area contributed by atoms with Crippen molar-refractivity contribution in [2.45, 2.75) is 19.3 Å².